The molecule has 1 amide bonds. The second-order valence-corrected chi connectivity index (χ2v) is 5.43. The molecule has 1 atom stereocenters. The summed E-state index contributed by atoms with van der Waals surface area (Å²) in [6, 6.07) is 16.2. The van der Waals surface area contributed by atoms with Gasteiger partial charge in [0.15, 0.2) is 6.10 Å². The Hall–Kier alpha value is -2.51. The molecule has 0 unspecified atom stereocenters. The molecule has 0 heterocycles. The van der Waals surface area contributed by atoms with Crippen LogP contribution in [0.15, 0.2) is 48.5 Å². The molecule has 0 aliphatic carbocycles. The van der Waals surface area contributed by atoms with Gasteiger partial charge in [-0.05, 0) is 42.3 Å². The predicted octanol–water partition coefficient (Wildman–Crippen LogP) is 4.20. The van der Waals surface area contributed by atoms with Crippen LogP contribution in [0.1, 0.15) is 18.9 Å². The van der Waals surface area contributed by atoms with E-state index in [0.29, 0.717) is 29.3 Å². The van der Waals surface area contributed by atoms with E-state index in [1.165, 1.54) is 0 Å². The summed E-state index contributed by atoms with van der Waals surface area (Å²) in [5.41, 5.74) is 1.58. The smallest absolute Gasteiger partial charge is 0.265 e. The fourth-order valence-corrected chi connectivity index (χ4v) is 2.23. The lowest BCUT2D eigenvalue weighted by Gasteiger charge is -2.17. The fraction of sp³-hybridized carbons (Fsp3) is 0.222. The van der Waals surface area contributed by atoms with Crippen molar-refractivity contribution in [1.82, 2.24) is 0 Å². The third kappa shape index (κ3) is 5.01. The molecule has 23 heavy (non-hydrogen) atoms. The van der Waals surface area contributed by atoms with Crippen LogP contribution < -0.4 is 10.1 Å². The number of hydrogen-bond acceptors (Lipinski definition) is 3. The van der Waals surface area contributed by atoms with E-state index in [9.17, 15) is 4.79 Å². The maximum absolute atomic E-state index is 12.3. The summed E-state index contributed by atoms with van der Waals surface area (Å²) < 4.78 is 5.70. The van der Waals surface area contributed by atoms with Crippen molar-refractivity contribution in [2.75, 3.05) is 5.32 Å². The number of carbonyl (C=O) groups excluding carboxylic acids is 1. The Bertz CT molecular complexity index is 708. The minimum Gasteiger partial charge on any atom is -0.481 e. The monoisotopic (exact) mass is 328 g/mol. The zero-order chi connectivity index (χ0) is 16.7. The van der Waals surface area contributed by atoms with Gasteiger partial charge in [-0.15, -0.1) is 0 Å². The molecule has 4 nitrogen and oxygen atoms in total. The molecule has 0 saturated carbocycles. The van der Waals surface area contributed by atoms with Gasteiger partial charge in [-0.25, -0.2) is 0 Å². The molecule has 2 aromatic carbocycles. The van der Waals surface area contributed by atoms with E-state index >= 15 is 0 Å². The predicted molar refractivity (Wildman–Crippen MR) is 90.5 cm³/mol. The summed E-state index contributed by atoms with van der Waals surface area (Å²) in [5.74, 6) is 0.337. The largest absolute Gasteiger partial charge is 0.481 e. The lowest BCUT2D eigenvalue weighted by atomic mass is 10.1. The minimum atomic E-state index is -0.604. The van der Waals surface area contributed by atoms with Crippen molar-refractivity contribution in [1.29, 1.82) is 5.26 Å². The van der Waals surface area contributed by atoms with Crippen LogP contribution >= 0.6 is 11.6 Å². The topological polar surface area (TPSA) is 62.1 Å². The lowest BCUT2D eigenvalue weighted by molar-refractivity contribution is -0.122. The molecule has 118 valence electrons. The molecule has 0 fully saturated rings. The van der Waals surface area contributed by atoms with E-state index in [1.54, 1.807) is 36.4 Å². The first kappa shape index (κ1) is 16.9. The molecular formula is C18H17ClN2O2. The highest BCUT2D eigenvalue weighted by atomic mass is 35.5. The maximum atomic E-state index is 12.3. The van der Waals surface area contributed by atoms with Crippen LogP contribution in [-0.2, 0) is 11.2 Å². The molecule has 5 heteroatoms. The Kier molecular flexibility index (Phi) is 6.02. The summed E-state index contributed by atoms with van der Waals surface area (Å²) in [6.45, 7) is 1.88. The zero-order valence-electron chi connectivity index (χ0n) is 12.8. The summed E-state index contributed by atoms with van der Waals surface area (Å²) in [6.07, 6.45) is 0.279. The van der Waals surface area contributed by atoms with Gasteiger partial charge < -0.3 is 10.1 Å². The third-order valence-corrected chi connectivity index (χ3v) is 3.48. The van der Waals surface area contributed by atoms with Crippen molar-refractivity contribution in [3.05, 3.63) is 59.1 Å². The second kappa shape index (κ2) is 8.21. The highest BCUT2D eigenvalue weighted by molar-refractivity contribution is 6.30. The first-order valence-corrected chi connectivity index (χ1v) is 7.69. The molecule has 0 aromatic heterocycles. The molecular weight excluding hydrogens is 312 g/mol. The van der Waals surface area contributed by atoms with Gasteiger partial charge in [0.05, 0.1) is 12.5 Å². The van der Waals surface area contributed by atoms with Crippen molar-refractivity contribution in [3.63, 3.8) is 0 Å². The fourth-order valence-electron chi connectivity index (χ4n) is 2.05. The highest BCUT2D eigenvalue weighted by Gasteiger charge is 2.18. The Labute approximate surface area is 140 Å². The Morgan fingerprint density at radius 2 is 2.04 bits per heavy atom. The number of rotatable bonds is 6. The van der Waals surface area contributed by atoms with Gasteiger partial charge >= 0.3 is 0 Å². The number of halogens is 1. The average molecular weight is 329 g/mol. The van der Waals surface area contributed by atoms with E-state index in [4.69, 9.17) is 21.6 Å². The summed E-state index contributed by atoms with van der Waals surface area (Å²) in [5, 5.41) is 12.0. The van der Waals surface area contributed by atoms with Crippen LogP contribution in [0.25, 0.3) is 0 Å². The number of nitrogens with zero attached hydrogens (tertiary/aromatic N) is 1. The molecule has 0 aliphatic heterocycles. The van der Waals surface area contributed by atoms with Gasteiger partial charge in [-0.2, -0.15) is 5.26 Å². The van der Waals surface area contributed by atoms with Crippen molar-refractivity contribution < 1.29 is 9.53 Å². The number of ether oxygens (including phenoxy) is 1. The first-order valence-electron chi connectivity index (χ1n) is 7.31. The average Bonchev–Trinajstić information content (AvgIpc) is 2.54. The number of hydrogen-bond donors (Lipinski definition) is 1. The molecule has 2 aromatic rings. The zero-order valence-corrected chi connectivity index (χ0v) is 13.5. The van der Waals surface area contributed by atoms with Crippen LogP contribution in [0, 0.1) is 11.3 Å². The molecule has 0 spiro atoms. The maximum Gasteiger partial charge on any atom is 0.265 e. The quantitative estimate of drug-likeness (QED) is 0.864. The van der Waals surface area contributed by atoms with Gasteiger partial charge in [0.1, 0.15) is 5.75 Å². The van der Waals surface area contributed by atoms with Crippen LogP contribution in [0.2, 0.25) is 5.02 Å². The van der Waals surface area contributed by atoms with E-state index in [0.717, 1.165) is 5.56 Å². The molecule has 0 saturated heterocycles. The summed E-state index contributed by atoms with van der Waals surface area (Å²) in [7, 11) is 0. The standard InChI is InChI=1S/C18H17ClN2O2/c1-2-17(23-16-5-3-4-14(19)12-16)18(22)21-15-8-6-13(7-9-15)10-11-20/h3-9,12,17H,2,10H2,1H3,(H,21,22)/t17-/m0/s1. The SMILES string of the molecule is CC[C@H](Oc1cccc(Cl)c1)C(=O)Nc1ccc(CC#N)cc1. The van der Waals surface area contributed by atoms with Crippen LogP contribution in [0.3, 0.4) is 0 Å². The molecule has 0 aliphatic rings. The van der Waals surface area contributed by atoms with E-state index in [1.807, 2.05) is 19.1 Å². The van der Waals surface area contributed by atoms with Crippen LogP contribution in [0.4, 0.5) is 5.69 Å². The lowest BCUT2D eigenvalue weighted by Crippen LogP contribution is -2.32. The van der Waals surface area contributed by atoms with Crippen molar-refractivity contribution in [2.24, 2.45) is 0 Å². The van der Waals surface area contributed by atoms with Gasteiger partial charge in [0.2, 0.25) is 0 Å². The number of anilines is 1. The number of benzene rings is 2. The molecule has 2 rings (SSSR count). The normalized spacial score (nSPS) is 11.3. The van der Waals surface area contributed by atoms with Gasteiger partial charge in [-0.3, -0.25) is 4.79 Å². The number of nitrogens with one attached hydrogen (secondary N) is 1. The van der Waals surface area contributed by atoms with Crippen molar-refractivity contribution >= 4 is 23.2 Å². The van der Waals surface area contributed by atoms with Crippen molar-refractivity contribution in [3.8, 4) is 11.8 Å². The van der Waals surface area contributed by atoms with Crippen LogP contribution in [-0.4, -0.2) is 12.0 Å². The number of amides is 1. The molecule has 0 bridgehead atoms. The summed E-state index contributed by atoms with van der Waals surface area (Å²) in [4.78, 5) is 12.3. The Morgan fingerprint density at radius 3 is 2.65 bits per heavy atom. The number of nitriles is 1. The van der Waals surface area contributed by atoms with Gasteiger partial charge in [0.25, 0.3) is 5.91 Å². The van der Waals surface area contributed by atoms with Gasteiger partial charge in [-0.1, -0.05) is 36.7 Å². The number of carbonyl (C=O) groups is 1. The minimum absolute atomic E-state index is 0.222. The highest BCUT2D eigenvalue weighted by Crippen LogP contribution is 2.20. The third-order valence-electron chi connectivity index (χ3n) is 3.24. The molecule has 1 N–H and O–H groups in total. The van der Waals surface area contributed by atoms with E-state index in [-0.39, 0.29) is 5.91 Å². The van der Waals surface area contributed by atoms with Crippen molar-refractivity contribution in [2.45, 2.75) is 25.9 Å². The Balaban J connectivity index is 2.01. The Morgan fingerprint density at radius 1 is 1.30 bits per heavy atom. The van der Waals surface area contributed by atoms with Crippen LogP contribution in [0.5, 0.6) is 5.75 Å². The van der Waals surface area contributed by atoms with E-state index < -0.39 is 6.10 Å². The molecule has 0 radical (unpaired) electrons. The first-order chi connectivity index (χ1) is 11.1. The second-order valence-electron chi connectivity index (χ2n) is 4.99. The van der Waals surface area contributed by atoms with E-state index in [2.05, 4.69) is 11.4 Å². The summed E-state index contributed by atoms with van der Waals surface area (Å²) >= 11 is 5.92. The van der Waals surface area contributed by atoms with Gasteiger partial charge in [0, 0.05) is 10.7 Å².